The summed E-state index contributed by atoms with van der Waals surface area (Å²) in [6.45, 7) is 0.794. The van der Waals surface area contributed by atoms with Gasteiger partial charge in [0.1, 0.15) is 17.3 Å². The first-order valence-corrected chi connectivity index (χ1v) is 11.4. The Bertz CT molecular complexity index is 768. The maximum Gasteiger partial charge on any atom is 0.144 e. The third-order valence-corrected chi connectivity index (χ3v) is 6.98. The normalized spacial score (nSPS) is 20.1. The topological polar surface area (TPSA) is 66.8 Å². The summed E-state index contributed by atoms with van der Waals surface area (Å²) in [6, 6.07) is 7.30. The van der Waals surface area contributed by atoms with Crippen LogP contribution in [-0.4, -0.2) is 29.2 Å². The van der Waals surface area contributed by atoms with Crippen LogP contribution in [0.3, 0.4) is 0 Å². The first kappa shape index (κ1) is 21.3. The SMILES string of the molecule is O=C1C(Cc2cc(Br)c(O)c(Br)c2)COCC1Cc1cc(Br)c(O)c(Br)c1. The minimum atomic E-state index is -0.226. The van der Waals surface area contributed by atoms with Gasteiger partial charge >= 0.3 is 0 Å². The molecule has 2 aromatic carbocycles. The first-order chi connectivity index (χ1) is 12.8. The highest BCUT2D eigenvalue weighted by Crippen LogP contribution is 2.36. The number of phenolic OH excluding ortho intramolecular Hbond substituents is 2. The zero-order chi connectivity index (χ0) is 19.7. The number of benzene rings is 2. The number of hydrogen-bond donors (Lipinski definition) is 2. The van der Waals surface area contributed by atoms with Gasteiger partial charge in [-0.15, -0.1) is 0 Å². The van der Waals surface area contributed by atoms with Gasteiger partial charge in [-0.25, -0.2) is 0 Å². The minimum Gasteiger partial charge on any atom is -0.506 e. The van der Waals surface area contributed by atoms with E-state index in [-0.39, 0.29) is 29.1 Å². The molecule has 2 unspecified atom stereocenters. The van der Waals surface area contributed by atoms with E-state index >= 15 is 0 Å². The molecule has 0 saturated carbocycles. The lowest BCUT2D eigenvalue weighted by Gasteiger charge is -2.28. The molecule has 8 heteroatoms. The van der Waals surface area contributed by atoms with Gasteiger partial charge in [0.15, 0.2) is 0 Å². The summed E-state index contributed by atoms with van der Waals surface area (Å²) in [6.07, 6.45) is 1.10. The van der Waals surface area contributed by atoms with Crippen LogP contribution in [0.15, 0.2) is 42.2 Å². The van der Waals surface area contributed by atoms with E-state index < -0.39 is 0 Å². The highest BCUT2D eigenvalue weighted by Gasteiger charge is 2.32. The lowest BCUT2D eigenvalue weighted by Crippen LogP contribution is -2.38. The van der Waals surface area contributed by atoms with E-state index in [0.29, 0.717) is 43.9 Å². The molecule has 0 spiro atoms. The Morgan fingerprint density at radius 3 is 1.44 bits per heavy atom. The van der Waals surface area contributed by atoms with Crippen LogP contribution >= 0.6 is 63.7 Å². The number of ketones is 1. The van der Waals surface area contributed by atoms with Crippen LogP contribution in [0.2, 0.25) is 0 Å². The van der Waals surface area contributed by atoms with Crippen LogP contribution < -0.4 is 0 Å². The van der Waals surface area contributed by atoms with Crippen molar-refractivity contribution >= 4 is 69.5 Å². The Kier molecular flexibility index (Phi) is 7.06. The summed E-state index contributed by atoms with van der Waals surface area (Å²) in [5, 5.41) is 19.7. The molecule has 2 aromatic rings. The quantitative estimate of drug-likeness (QED) is 0.452. The maximum atomic E-state index is 13.0. The van der Waals surface area contributed by atoms with Crippen molar-refractivity contribution < 1.29 is 19.7 Å². The monoisotopic (exact) mass is 624 g/mol. The molecule has 1 aliphatic heterocycles. The van der Waals surface area contributed by atoms with Crippen molar-refractivity contribution in [2.24, 2.45) is 11.8 Å². The molecule has 1 heterocycles. The molecular weight excluding hydrogens is 612 g/mol. The van der Waals surface area contributed by atoms with Gasteiger partial charge in [0.25, 0.3) is 0 Å². The number of aromatic hydroxyl groups is 2. The van der Waals surface area contributed by atoms with Crippen LogP contribution in [0.4, 0.5) is 0 Å². The molecule has 4 nitrogen and oxygen atoms in total. The summed E-state index contributed by atoms with van der Waals surface area (Å²) < 4.78 is 8.07. The number of ether oxygens (including phenoxy) is 1. The van der Waals surface area contributed by atoms with Gasteiger partial charge in [0, 0.05) is 11.8 Å². The summed E-state index contributed by atoms with van der Waals surface area (Å²) in [4.78, 5) is 13.0. The highest BCUT2D eigenvalue weighted by molar-refractivity contribution is 9.11. The molecule has 144 valence electrons. The van der Waals surface area contributed by atoms with Crippen molar-refractivity contribution in [1.82, 2.24) is 0 Å². The third-order valence-electron chi connectivity index (χ3n) is 4.56. The van der Waals surface area contributed by atoms with E-state index in [4.69, 9.17) is 4.74 Å². The van der Waals surface area contributed by atoms with Gasteiger partial charge in [-0.2, -0.15) is 0 Å². The number of halogens is 4. The molecule has 2 N–H and O–H groups in total. The largest absolute Gasteiger partial charge is 0.506 e. The lowest BCUT2D eigenvalue weighted by atomic mass is 9.84. The van der Waals surface area contributed by atoms with Gasteiger partial charge in [-0.05, 0) is 112 Å². The van der Waals surface area contributed by atoms with Crippen molar-refractivity contribution in [3.05, 3.63) is 53.3 Å². The molecular formula is C19H16Br4O4. The zero-order valence-corrected chi connectivity index (χ0v) is 20.4. The number of rotatable bonds is 4. The Labute approximate surface area is 190 Å². The number of phenols is 2. The second kappa shape index (κ2) is 8.95. The average Bonchev–Trinajstić information content (AvgIpc) is 2.61. The van der Waals surface area contributed by atoms with Crippen molar-refractivity contribution in [2.75, 3.05) is 13.2 Å². The second-order valence-electron chi connectivity index (χ2n) is 6.56. The molecule has 3 rings (SSSR count). The van der Waals surface area contributed by atoms with E-state index in [1.807, 2.05) is 24.3 Å². The van der Waals surface area contributed by atoms with Crippen LogP contribution in [-0.2, 0) is 22.4 Å². The van der Waals surface area contributed by atoms with E-state index in [2.05, 4.69) is 63.7 Å². The second-order valence-corrected chi connectivity index (χ2v) is 9.98. The van der Waals surface area contributed by atoms with Crippen LogP contribution in [0.1, 0.15) is 11.1 Å². The van der Waals surface area contributed by atoms with E-state index in [9.17, 15) is 15.0 Å². The van der Waals surface area contributed by atoms with Gasteiger partial charge in [-0.3, -0.25) is 4.79 Å². The first-order valence-electron chi connectivity index (χ1n) is 8.21. The van der Waals surface area contributed by atoms with Crippen molar-refractivity contribution in [3.63, 3.8) is 0 Å². The minimum absolute atomic E-state index is 0.145. The number of carbonyl (C=O) groups excluding carboxylic acids is 1. The number of Topliss-reactive ketones (excluding diaryl/α,β-unsaturated/α-hetero) is 1. The fourth-order valence-corrected chi connectivity index (χ4v) is 5.77. The van der Waals surface area contributed by atoms with E-state index in [1.54, 1.807) is 0 Å². The van der Waals surface area contributed by atoms with Crippen LogP contribution in [0, 0.1) is 11.8 Å². The predicted molar refractivity (Wildman–Crippen MR) is 117 cm³/mol. The third kappa shape index (κ3) is 4.96. The maximum absolute atomic E-state index is 13.0. The van der Waals surface area contributed by atoms with Gasteiger partial charge in [-0.1, -0.05) is 0 Å². The molecule has 0 bridgehead atoms. The molecule has 1 aliphatic rings. The number of carbonyl (C=O) groups is 1. The van der Waals surface area contributed by atoms with Crippen molar-refractivity contribution in [3.8, 4) is 11.5 Å². The molecule has 27 heavy (non-hydrogen) atoms. The van der Waals surface area contributed by atoms with Gasteiger partial charge in [0.05, 0.1) is 31.1 Å². The Morgan fingerprint density at radius 1 is 0.778 bits per heavy atom. The Hall–Kier alpha value is -0.410. The fraction of sp³-hybridized carbons (Fsp3) is 0.316. The zero-order valence-electron chi connectivity index (χ0n) is 14.0. The number of hydrogen-bond acceptors (Lipinski definition) is 4. The standard InChI is InChI=1S/C19H16Br4O4/c20-13-3-9(4-14(21)18(13)25)1-11-7-27-8-12(17(11)24)2-10-5-15(22)19(26)16(23)6-10/h3-6,11-12,25-26H,1-2,7-8H2. The molecule has 0 aliphatic carbocycles. The van der Waals surface area contributed by atoms with E-state index in [1.165, 1.54) is 0 Å². The van der Waals surface area contributed by atoms with Crippen LogP contribution in [0.5, 0.6) is 11.5 Å². The summed E-state index contributed by atoms with van der Waals surface area (Å²) >= 11 is 13.3. The predicted octanol–water partition coefficient (Wildman–Crippen LogP) is 5.76. The van der Waals surface area contributed by atoms with Gasteiger partial charge < -0.3 is 14.9 Å². The average molecular weight is 628 g/mol. The van der Waals surface area contributed by atoms with Crippen molar-refractivity contribution in [1.29, 1.82) is 0 Å². The Balaban J connectivity index is 1.74. The highest BCUT2D eigenvalue weighted by atomic mass is 79.9. The molecule has 0 amide bonds. The molecule has 1 saturated heterocycles. The molecule has 2 atom stereocenters. The van der Waals surface area contributed by atoms with Gasteiger partial charge in [0.2, 0.25) is 0 Å². The molecule has 0 radical (unpaired) electrons. The molecule has 0 aromatic heterocycles. The lowest BCUT2D eigenvalue weighted by molar-refractivity contribution is -0.137. The Morgan fingerprint density at radius 2 is 1.11 bits per heavy atom. The van der Waals surface area contributed by atoms with Crippen LogP contribution in [0.25, 0.3) is 0 Å². The van der Waals surface area contributed by atoms with Crippen molar-refractivity contribution in [2.45, 2.75) is 12.8 Å². The summed E-state index contributed by atoms with van der Waals surface area (Å²) in [5.74, 6) is 0.0201. The van der Waals surface area contributed by atoms with E-state index in [0.717, 1.165) is 11.1 Å². The smallest absolute Gasteiger partial charge is 0.144 e. The fourth-order valence-electron chi connectivity index (χ4n) is 3.21. The summed E-state index contributed by atoms with van der Waals surface area (Å²) in [7, 11) is 0. The summed E-state index contributed by atoms with van der Waals surface area (Å²) in [5.41, 5.74) is 1.90. The molecule has 1 fully saturated rings.